The van der Waals surface area contributed by atoms with E-state index in [1.54, 1.807) is 9.80 Å². The maximum absolute atomic E-state index is 14.3. The molecular weight excluding hydrogens is 510 g/mol. The number of rotatable bonds is 7. The van der Waals surface area contributed by atoms with E-state index in [2.05, 4.69) is 5.32 Å². The summed E-state index contributed by atoms with van der Waals surface area (Å²) in [4.78, 5) is 55.7. The predicted molar refractivity (Wildman–Crippen MR) is 150 cm³/mol. The lowest BCUT2D eigenvalue weighted by molar-refractivity contribution is -0.146. The molecule has 0 saturated carbocycles. The molecule has 2 saturated heterocycles. The van der Waals surface area contributed by atoms with Crippen LogP contribution in [0.25, 0.3) is 0 Å². The summed E-state index contributed by atoms with van der Waals surface area (Å²) in [5.74, 6) is -1.73. The summed E-state index contributed by atoms with van der Waals surface area (Å²) >= 11 is 0. The van der Waals surface area contributed by atoms with Crippen LogP contribution in [0.3, 0.4) is 0 Å². The van der Waals surface area contributed by atoms with E-state index in [1.807, 2.05) is 81.4 Å². The fourth-order valence-corrected chi connectivity index (χ4v) is 5.66. The number of nitrogens with zero attached hydrogens (tertiary/aromatic N) is 2. The van der Waals surface area contributed by atoms with Gasteiger partial charge in [-0.1, -0.05) is 60.7 Å². The molecule has 0 aromatic heterocycles. The molecule has 40 heavy (non-hydrogen) atoms. The average Bonchev–Trinajstić information content (AvgIpc) is 3.42. The molecule has 9 heteroatoms. The monoisotopic (exact) mass is 549 g/mol. The van der Waals surface area contributed by atoms with E-state index >= 15 is 0 Å². The van der Waals surface area contributed by atoms with Gasteiger partial charge in [0.15, 0.2) is 0 Å². The highest BCUT2D eigenvalue weighted by molar-refractivity contribution is 5.95. The molecule has 9 nitrogen and oxygen atoms in total. The fourth-order valence-electron chi connectivity index (χ4n) is 5.66. The molecule has 2 aromatic rings. The van der Waals surface area contributed by atoms with Crippen molar-refractivity contribution < 1.29 is 29.0 Å². The third kappa shape index (κ3) is 6.63. The van der Waals surface area contributed by atoms with E-state index in [1.165, 1.54) is 0 Å². The van der Waals surface area contributed by atoms with Gasteiger partial charge in [0.05, 0.1) is 5.41 Å². The van der Waals surface area contributed by atoms with Crippen molar-refractivity contribution in [2.75, 3.05) is 19.6 Å². The van der Waals surface area contributed by atoms with Gasteiger partial charge in [-0.3, -0.25) is 9.59 Å². The summed E-state index contributed by atoms with van der Waals surface area (Å²) in [5.41, 5.74) is 0.126. The van der Waals surface area contributed by atoms with Crippen molar-refractivity contribution in [1.82, 2.24) is 15.1 Å². The number of carbonyl (C=O) groups is 4. The molecule has 3 amide bonds. The van der Waals surface area contributed by atoms with Gasteiger partial charge in [0, 0.05) is 26.1 Å². The quantitative estimate of drug-likeness (QED) is 0.543. The van der Waals surface area contributed by atoms with Crippen molar-refractivity contribution in [2.24, 2.45) is 0 Å². The molecular formula is C31H39N3O6. The van der Waals surface area contributed by atoms with Gasteiger partial charge >= 0.3 is 12.1 Å². The lowest BCUT2D eigenvalue weighted by atomic mass is 9.71. The Kier molecular flexibility index (Phi) is 8.81. The number of carboxylic acids is 1. The predicted octanol–water partition coefficient (Wildman–Crippen LogP) is 3.76. The van der Waals surface area contributed by atoms with Gasteiger partial charge in [-0.25, -0.2) is 9.59 Å². The van der Waals surface area contributed by atoms with Crippen molar-refractivity contribution in [1.29, 1.82) is 0 Å². The minimum atomic E-state index is -1.12. The summed E-state index contributed by atoms with van der Waals surface area (Å²) in [5, 5.41) is 12.5. The standard InChI is InChI=1S/C31H39N3O6/c1-30(2,3)40-29(39)33-19-16-31(17-20-33,23-13-8-5-9-14-23)28(38)34-18-10-15-25(34)26(35)32-24(27(36)37)21-22-11-6-4-7-12-22/h4-9,11-14,24-25H,10,15-21H2,1-3H3,(H,32,35)(H,36,37). The van der Waals surface area contributed by atoms with Crippen LogP contribution >= 0.6 is 0 Å². The number of ether oxygens (including phenoxy) is 1. The Hall–Kier alpha value is -3.88. The lowest BCUT2D eigenvalue weighted by Crippen LogP contribution is -2.58. The summed E-state index contributed by atoms with van der Waals surface area (Å²) < 4.78 is 5.55. The summed E-state index contributed by atoms with van der Waals surface area (Å²) in [6.07, 6.45) is 1.64. The van der Waals surface area contributed by atoms with Gasteiger partial charge in [-0.15, -0.1) is 0 Å². The van der Waals surface area contributed by atoms with Crippen molar-refractivity contribution in [3.63, 3.8) is 0 Å². The molecule has 2 aliphatic heterocycles. The van der Waals surface area contributed by atoms with Crippen LogP contribution in [-0.2, 0) is 31.0 Å². The fraction of sp³-hybridized carbons (Fsp3) is 0.484. The molecule has 2 atom stereocenters. The van der Waals surface area contributed by atoms with Crippen LogP contribution in [0.2, 0.25) is 0 Å². The first-order valence-corrected chi connectivity index (χ1v) is 13.9. The number of carbonyl (C=O) groups excluding carboxylic acids is 3. The van der Waals surface area contributed by atoms with E-state index in [0.717, 1.165) is 11.1 Å². The minimum absolute atomic E-state index is 0.150. The van der Waals surface area contributed by atoms with Crippen molar-refractivity contribution in [3.05, 3.63) is 71.8 Å². The third-order valence-electron chi connectivity index (χ3n) is 7.72. The van der Waals surface area contributed by atoms with E-state index < -0.39 is 41.1 Å². The first kappa shape index (κ1) is 29.1. The summed E-state index contributed by atoms with van der Waals surface area (Å²) in [7, 11) is 0. The highest BCUT2D eigenvalue weighted by atomic mass is 16.6. The second-order valence-electron chi connectivity index (χ2n) is 11.7. The Bertz CT molecular complexity index is 1200. The zero-order valence-corrected chi connectivity index (χ0v) is 23.5. The van der Waals surface area contributed by atoms with Gasteiger partial charge in [-0.2, -0.15) is 0 Å². The molecule has 2 heterocycles. The Balaban J connectivity index is 1.52. The molecule has 4 rings (SSSR count). The third-order valence-corrected chi connectivity index (χ3v) is 7.72. The maximum Gasteiger partial charge on any atom is 0.410 e. The van der Waals surface area contributed by atoms with Crippen LogP contribution in [0.15, 0.2) is 60.7 Å². The number of hydrogen-bond acceptors (Lipinski definition) is 5. The van der Waals surface area contributed by atoms with Crippen LogP contribution in [0.1, 0.15) is 57.6 Å². The first-order chi connectivity index (χ1) is 19.0. The molecule has 0 radical (unpaired) electrons. The minimum Gasteiger partial charge on any atom is -0.480 e. The van der Waals surface area contributed by atoms with Gasteiger partial charge in [0.2, 0.25) is 11.8 Å². The van der Waals surface area contributed by atoms with Crippen molar-refractivity contribution in [2.45, 2.75) is 76.0 Å². The highest BCUT2D eigenvalue weighted by Crippen LogP contribution is 2.39. The van der Waals surface area contributed by atoms with Crippen molar-refractivity contribution >= 4 is 23.9 Å². The van der Waals surface area contributed by atoms with Crippen LogP contribution in [0, 0.1) is 0 Å². The number of hydrogen-bond donors (Lipinski definition) is 2. The Labute approximate surface area is 235 Å². The summed E-state index contributed by atoms with van der Waals surface area (Å²) in [6, 6.07) is 16.8. The Morgan fingerprint density at radius 3 is 2.15 bits per heavy atom. The first-order valence-electron chi connectivity index (χ1n) is 13.9. The van der Waals surface area contributed by atoms with E-state index in [4.69, 9.17) is 4.74 Å². The van der Waals surface area contributed by atoms with Gasteiger partial charge in [0.25, 0.3) is 0 Å². The smallest absolute Gasteiger partial charge is 0.410 e. The topological polar surface area (TPSA) is 116 Å². The van der Waals surface area contributed by atoms with Crippen LogP contribution < -0.4 is 5.32 Å². The molecule has 0 bridgehead atoms. The molecule has 2 N–H and O–H groups in total. The van der Waals surface area contributed by atoms with E-state index in [0.29, 0.717) is 45.3 Å². The normalized spacial score (nSPS) is 19.5. The molecule has 2 unspecified atom stereocenters. The number of nitrogens with one attached hydrogen (secondary N) is 1. The molecule has 0 aliphatic carbocycles. The second-order valence-corrected chi connectivity index (χ2v) is 11.7. The number of likely N-dealkylation sites (tertiary alicyclic amines) is 2. The molecule has 214 valence electrons. The van der Waals surface area contributed by atoms with Crippen LogP contribution in [0.5, 0.6) is 0 Å². The zero-order valence-electron chi connectivity index (χ0n) is 23.5. The van der Waals surface area contributed by atoms with Crippen LogP contribution in [-0.4, -0.2) is 76.1 Å². The average molecular weight is 550 g/mol. The van der Waals surface area contributed by atoms with Crippen molar-refractivity contribution in [3.8, 4) is 0 Å². The SMILES string of the molecule is CC(C)(C)OC(=O)N1CCC(C(=O)N2CCCC2C(=O)NC(Cc2ccccc2)C(=O)O)(c2ccccc2)CC1. The molecule has 2 aromatic carbocycles. The number of benzene rings is 2. The molecule has 0 spiro atoms. The lowest BCUT2D eigenvalue weighted by Gasteiger charge is -2.44. The van der Waals surface area contributed by atoms with Crippen LogP contribution in [0.4, 0.5) is 4.79 Å². The number of amides is 3. The highest BCUT2D eigenvalue weighted by Gasteiger charge is 2.49. The second kappa shape index (κ2) is 12.1. The largest absolute Gasteiger partial charge is 0.480 e. The maximum atomic E-state index is 14.3. The molecule has 2 aliphatic rings. The Morgan fingerprint density at radius 1 is 0.975 bits per heavy atom. The van der Waals surface area contributed by atoms with E-state index in [-0.39, 0.29) is 12.3 Å². The van der Waals surface area contributed by atoms with Gasteiger partial charge < -0.3 is 25.0 Å². The Morgan fingerprint density at radius 2 is 1.57 bits per heavy atom. The van der Waals surface area contributed by atoms with Gasteiger partial charge in [0.1, 0.15) is 17.7 Å². The zero-order chi connectivity index (χ0) is 28.9. The van der Waals surface area contributed by atoms with Gasteiger partial charge in [-0.05, 0) is 57.6 Å². The number of piperidine rings is 1. The number of carboxylic acid groups (broad SMARTS) is 1. The molecule has 2 fully saturated rings. The number of aliphatic carboxylic acids is 1. The van der Waals surface area contributed by atoms with E-state index in [9.17, 15) is 24.3 Å². The summed E-state index contributed by atoms with van der Waals surface area (Å²) in [6.45, 7) is 6.56.